The lowest BCUT2D eigenvalue weighted by Crippen LogP contribution is -2.09. The van der Waals surface area contributed by atoms with Crippen LogP contribution in [-0.2, 0) is 11.0 Å². The van der Waals surface area contributed by atoms with Crippen LogP contribution in [0.5, 0.6) is 0 Å². The van der Waals surface area contributed by atoms with Crippen LogP contribution >= 0.6 is 0 Å². The van der Waals surface area contributed by atoms with E-state index in [2.05, 4.69) is 20.4 Å². The van der Waals surface area contributed by atoms with Crippen LogP contribution in [0.15, 0.2) is 59.3 Å². The molecule has 35 heavy (non-hydrogen) atoms. The number of anilines is 1. The molecule has 0 aliphatic heterocycles. The van der Waals surface area contributed by atoms with E-state index in [9.17, 15) is 18.0 Å². The molecule has 4 rings (SSSR count). The minimum Gasteiger partial charge on any atom is -0.481 e. The van der Waals surface area contributed by atoms with E-state index in [0.29, 0.717) is 16.9 Å². The Morgan fingerprint density at radius 2 is 1.80 bits per heavy atom. The number of rotatable bonds is 7. The average molecular weight is 482 g/mol. The second kappa shape index (κ2) is 9.57. The second-order valence-corrected chi connectivity index (χ2v) is 7.96. The lowest BCUT2D eigenvalue weighted by atomic mass is 9.94. The standard InChI is InChI=1S/C25H21F3N4O3/c1-14-5-3-4-6-18(14)19-8-7-16(12-20(19)25(26,27)28)24-31-23(32-35-24)17-11-15(2)22(30-13-17)29-10-9-21(33)34/h3-8,11-13H,9-10H2,1-2H3,(H,29,30)(H,33,34). The monoisotopic (exact) mass is 482 g/mol. The number of nitrogens with one attached hydrogen (secondary N) is 1. The van der Waals surface area contributed by atoms with Crippen molar-refractivity contribution in [2.45, 2.75) is 26.4 Å². The topological polar surface area (TPSA) is 101 Å². The van der Waals surface area contributed by atoms with E-state index >= 15 is 0 Å². The number of hydrogen-bond donors (Lipinski definition) is 2. The van der Waals surface area contributed by atoms with Gasteiger partial charge in [0.05, 0.1) is 12.0 Å². The molecular formula is C25H21F3N4O3. The molecule has 0 atom stereocenters. The quantitative estimate of drug-likeness (QED) is 0.334. The third kappa shape index (κ3) is 5.32. The Kier molecular flexibility index (Phi) is 6.54. The number of alkyl halides is 3. The van der Waals surface area contributed by atoms with Crippen molar-refractivity contribution in [3.8, 4) is 34.0 Å². The number of hydrogen-bond acceptors (Lipinski definition) is 6. The van der Waals surface area contributed by atoms with Crippen LogP contribution in [-0.4, -0.2) is 32.7 Å². The number of benzene rings is 2. The van der Waals surface area contributed by atoms with E-state index < -0.39 is 17.7 Å². The predicted molar refractivity (Wildman–Crippen MR) is 124 cm³/mol. The van der Waals surface area contributed by atoms with Crippen molar-refractivity contribution in [1.29, 1.82) is 0 Å². The largest absolute Gasteiger partial charge is 0.481 e. The number of halogens is 3. The van der Waals surface area contributed by atoms with Crippen LogP contribution in [0.4, 0.5) is 19.0 Å². The van der Waals surface area contributed by atoms with Gasteiger partial charge in [0.25, 0.3) is 5.89 Å². The first-order valence-corrected chi connectivity index (χ1v) is 10.7. The summed E-state index contributed by atoms with van der Waals surface area (Å²) in [6.07, 6.45) is -3.16. The molecule has 10 heteroatoms. The second-order valence-electron chi connectivity index (χ2n) is 7.96. The Labute approximate surface area is 198 Å². The zero-order valence-corrected chi connectivity index (χ0v) is 18.8. The van der Waals surface area contributed by atoms with Gasteiger partial charge >= 0.3 is 12.1 Å². The van der Waals surface area contributed by atoms with Gasteiger partial charge in [0.2, 0.25) is 5.82 Å². The highest BCUT2D eigenvalue weighted by Gasteiger charge is 2.34. The van der Waals surface area contributed by atoms with Gasteiger partial charge in [-0.1, -0.05) is 35.5 Å². The van der Waals surface area contributed by atoms with Crippen molar-refractivity contribution in [3.05, 3.63) is 71.4 Å². The van der Waals surface area contributed by atoms with Crippen molar-refractivity contribution in [2.24, 2.45) is 0 Å². The maximum absolute atomic E-state index is 13.9. The molecule has 0 amide bonds. The molecule has 2 aromatic heterocycles. The highest BCUT2D eigenvalue weighted by atomic mass is 19.4. The van der Waals surface area contributed by atoms with Gasteiger partial charge in [0.15, 0.2) is 0 Å². The first-order chi connectivity index (χ1) is 16.6. The maximum atomic E-state index is 13.9. The van der Waals surface area contributed by atoms with E-state index in [1.54, 1.807) is 44.2 Å². The van der Waals surface area contributed by atoms with Gasteiger partial charge in [-0.05, 0) is 54.3 Å². The van der Waals surface area contributed by atoms with Gasteiger partial charge in [-0.25, -0.2) is 4.98 Å². The average Bonchev–Trinajstić information content (AvgIpc) is 3.30. The molecule has 2 heterocycles. The zero-order chi connectivity index (χ0) is 25.2. The molecule has 0 bridgehead atoms. The predicted octanol–water partition coefficient (Wildman–Crippen LogP) is 5.99. The molecule has 0 unspecified atom stereocenters. The first kappa shape index (κ1) is 23.9. The molecule has 0 saturated heterocycles. The van der Waals surface area contributed by atoms with Crippen molar-refractivity contribution < 1.29 is 27.6 Å². The third-order valence-corrected chi connectivity index (χ3v) is 5.40. The maximum Gasteiger partial charge on any atom is 0.417 e. The number of carboxylic acid groups (broad SMARTS) is 1. The first-order valence-electron chi connectivity index (χ1n) is 10.7. The van der Waals surface area contributed by atoms with Gasteiger partial charge in [-0.3, -0.25) is 4.79 Å². The lowest BCUT2D eigenvalue weighted by molar-refractivity contribution is -0.137. The van der Waals surface area contributed by atoms with E-state index in [0.717, 1.165) is 17.2 Å². The van der Waals surface area contributed by atoms with Crippen molar-refractivity contribution in [3.63, 3.8) is 0 Å². The van der Waals surface area contributed by atoms with E-state index in [-0.39, 0.29) is 35.8 Å². The summed E-state index contributed by atoms with van der Waals surface area (Å²) in [7, 11) is 0. The molecule has 2 aromatic carbocycles. The highest BCUT2D eigenvalue weighted by molar-refractivity contribution is 5.74. The Hall–Kier alpha value is -4.21. The molecule has 0 aliphatic carbocycles. The molecule has 0 fully saturated rings. The van der Waals surface area contributed by atoms with E-state index in [1.165, 1.54) is 18.3 Å². The number of aliphatic carboxylic acids is 1. The summed E-state index contributed by atoms with van der Waals surface area (Å²) in [6.45, 7) is 3.76. The Morgan fingerprint density at radius 1 is 1.03 bits per heavy atom. The van der Waals surface area contributed by atoms with Crippen LogP contribution in [0.1, 0.15) is 23.1 Å². The Bertz CT molecular complexity index is 1380. The smallest absolute Gasteiger partial charge is 0.417 e. The zero-order valence-electron chi connectivity index (χ0n) is 18.8. The normalized spacial score (nSPS) is 11.5. The summed E-state index contributed by atoms with van der Waals surface area (Å²) in [5.74, 6) is -0.292. The summed E-state index contributed by atoms with van der Waals surface area (Å²) in [6, 6.07) is 12.6. The number of nitrogens with zero attached hydrogens (tertiary/aromatic N) is 3. The van der Waals surface area contributed by atoms with Crippen molar-refractivity contribution >= 4 is 11.8 Å². The van der Waals surface area contributed by atoms with Gasteiger partial charge < -0.3 is 14.9 Å². The van der Waals surface area contributed by atoms with E-state index in [4.69, 9.17) is 9.63 Å². The summed E-state index contributed by atoms with van der Waals surface area (Å²) >= 11 is 0. The number of pyridine rings is 1. The lowest BCUT2D eigenvalue weighted by Gasteiger charge is -2.15. The van der Waals surface area contributed by atoms with Crippen molar-refractivity contribution in [2.75, 3.05) is 11.9 Å². The van der Waals surface area contributed by atoms with Gasteiger partial charge in [-0.2, -0.15) is 18.2 Å². The third-order valence-electron chi connectivity index (χ3n) is 5.40. The fourth-order valence-electron chi connectivity index (χ4n) is 3.65. The van der Waals surface area contributed by atoms with Gasteiger partial charge in [0.1, 0.15) is 5.82 Å². The van der Waals surface area contributed by atoms with Crippen LogP contribution in [0.2, 0.25) is 0 Å². The summed E-state index contributed by atoms with van der Waals surface area (Å²) < 4.78 is 47.1. The number of aryl methyl sites for hydroxylation is 2. The molecule has 0 spiro atoms. The van der Waals surface area contributed by atoms with Crippen LogP contribution < -0.4 is 5.32 Å². The molecule has 180 valence electrons. The summed E-state index contributed by atoms with van der Waals surface area (Å²) in [5.41, 5.74) is 1.88. The molecule has 0 saturated carbocycles. The van der Waals surface area contributed by atoms with E-state index in [1.807, 2.05) is 0 Å². The van der Waals surface area contributed by atoms with Crippen LogP contribution in [0.3, 0.4) is 0 Å². The van der Waals surface area contributed by atoms with Crippen LogP contribution in [0.25, 0.3) is 34.0 Å². The minimum absolute atomic E-state index is 0.0526. The fraction of sp³-hybridized carbons (Fsp3) is 0.200. The van der Waals surface area contributed by atoms with Gasteiger partial charge in [-0.15, -0.1) is 0 Å². The minimum atomic E-state index is -4.58. The molecule has 0 radical (unpaired) electrons. The highest BCUT2D eigenvalue weighted by Crippen LogP contribution is 2.40. The van der Waals surface area contributed by atoms with Crippen molar-refractivity contribution in [1.82, 2.24) is 15.1 Å². The SMILES string of the molecule is Cc1ccccc1-c1ccc(-c2nc(-c3cnc(NCCC(=O)O)c(C)c3)no2)cc1C(F)(F)F. The molecule has 7 nitrogen and oxygen atoms in total. The number of carboxylic acids is 1. The van der Waals surface area contributed by atoms with Crippen LogP contribution in [0, 0.1) is 13.8 Å². The number of aromatic nitrogens is 3. The van der Waals surface area contributed by atoms with Gasteiger partial charge in [0, 0.05) is 23.9 Å². The molecule has 4 aromatic rings. The Morgan fingerprint density at radius 3 is 2.49 bits per heavy atom. The molecular weight excluding hydrogens is 461 g/mol. The number of carbonyl (C=O) groups is 1. The summed E-state index contributed by atoms with van der Waals surface area (Å²) in [4.78, 5) is 19.2. The fourth-order valence-corrected chi connectivity index (χ4v) is 3.65. The molecule has 0 aliphatic rings. The summed E-state index contributed by atoms with van der Waals surface area (Å²) in [5, 5.41) is 15.6. The Balaban J connectivity index is 1.64. The molecule has 2 N–H and O–H groups in total.